The molecule has 2 aromatic rings. The molecule has 1 aliphatic carbocycles. The van der Waals surface area contributed by atoms with Crippen molar-refractivity contribution in [2.75, 3.05) is 20.2 Å². The summed E-state index contributed by atoms with van der Waals surface area (Å²) in [6.07, 6.45) is 5.99. The molecule has 2 amide bonds. The number of nitrogens with zero attached hydrogens (tertiary/aromatic N) is 2. The van der Waals surface area contributed by atoms with E-state index in [1.807, 2.05) is 6.07 Å². The first-order chi connectivity index (χ1) is 15.6. The van der Waals surface area contributed by atoms with Crippen LogP contribution in [-0.2, 0) is 11.3 Å². The van der Waals surface area contributed by atoms with Gasteiger partial charge in [0.1, 0.15) is 0 Å². The van der Waals surface area contributed by atoms with Crippen molar-refractivity contribution in [3.05, 3.63) is 59.8 Å². The van der Waals surface area contributed by atoms with E-state index in [-0.39, 0.29) is 29.8 Å². The van der Waals surface area contributed by atoms with Gasteiger partial charge in [0.15, 0.2) is 0 Å². The molecule has 0 spiro atoms. The van der Waals surface area contributed by atoms with Gasteiger partial charge in [-0.25, -0.2) is 4.98 Å². The number of carbonyl (C=O) groups excluding carboxylic acids is 2. The monoisotopic (exact) mass is 436 g/mol. The van der Waals surface area contributed by atoms with Crippen LogP contribution in [0.2, 0.25) is 0 Å². The van der Waals surface area contributed by atoms with Crippen molar-refractivity contribution in [1.82, 2.24) is 20.5 Å². The van der Waals surface area contributed by atoms with Gasteiger partial charge in [-0.1, -0.05) is 36.8 Å². The van der Waals surface area contributed by atoms with E-state index in [0.717, 1.165) is 51.7 Å². The number of likely N-dealkylation sites (tertiary alicyclic amines) is 1. The second kappa shape index (κ2) is 10.6. The zero-order valence-electron chi connectivity index (χ0n) is 18.6. The van der Waals surface area contributed by atoms with Crippen molar-refractivity contribution in [2.24, 2.45) is 5.92 Å². The van der Waals surface area contributed by atoms with Crippen molar-refractivity contribution < 1.29 is 14.3 Å². The molecule has 2 N–H and O–H groups in total. The van der Waals surface area contributed by atoms with Crippen LogP contribution < -0.4 is 15.4 Å². The van der Waals surface area contributed by atoms with Crippen LogP contribution in [0, 0.1) is 5.92 Å². The van der Waals surface area contributed by atoms with E-state index < -0.39 is 0 Å². The normalized spacial score (nSPS) is 21.8. The van der Waals surface area contributed by atoms with Gasteiger partial charge < -0.3 is 15.4 Å². The molecule has 7 nitrogen and oxygen atoms in total. The minimum Gasteiger partial charge on any atom is -0.481 e. The third kappa shape index (κ3) is 5.65. The van der Waals surface area contributed by atoms with Crippen molar-refractivity contribution in [3.8, 4) is 5.88 Å². The van der Waals surface area contributed by atoms with Gasteiger partial charge in [-0.2, -0.15) is 0 Å². The predicted molar refractivity (Wildman–Crippen MR) is 122 cm³/mol. The summed E-state index contributed by atoms with van der Waals surface area (Å²) in [7, 11) is 1.54. The van der Waals surface area contributed by atoms with Gasteiger partial charge in [0.25, 0.3) is 5.91 Å². The molecule has 0 unspecified atom stereocenters. The average Bonchev–Trinajstić information content (AvgIpc) is 3.29. The molecule has 7 heteroatoms. The van der Waals surface area contributed by atoms with E-state index in [1.54, 1.807) is 12.1 Å². The standard InChI is InChI=1S/C25H32N4O3/c1-32-23-11-10-19(16-26-23)24(30)28-22-9-5-8-21(22)25(31)27-20-12-14-29(15-13-20)17-18-6-3-2-4-7-18/h2-4,6-7,10-11,16,20-22H,5,8-9,12-15,17H2,1H3,(H,27,31)(H,28,30)/t21-,22+/m0/s1. The van der Waals surface area contributed by atoms with Crippen molar-refractivity contribution in [2.45, 2.75) is 50.7 Å². The maximum atomic E-state index is 13.0. The molecule has 2 atom stereocenters. The Hall–Kier alpha value is -2.93. The Bertz CT molecular complexity index is 895. The third-order valence-electron chi connectivity index (χ3n) is 6.56. The Morgan fingerprint density at radius 1 is 1.03 bits per heavy atom. The number of piperidine rings is 1. The molecule has 2 fully saturated rings. The molecule has 1 aromatic heterocycles. The topological polar surface area (TPSA) is 83.6 Å². The van der Waals surface area contributed by atoms with E-state index in [0.29, 0.717) is 11.4 Å². The molecule has 32 heavy (non-hydrogen) atoms. The van der Waals surface area contributed by atoms with Gasteiger partial charge in [-0.15, -0.1) is 0 Å². The fourth-order valence-electron chi connectivity index (χ4n) is 4.72. The predicted octanol–water partition coefficient (Wildman–Crippen LogP) is 2.77. The molecule has 1 aliphatic heterocycles. The number of ether oxygens (including phenoxy) is 1. The quantitative estimate of drug-likeness (QED) is 0.697. The Kier molecular flexibility index (Phi) is 7.37. The van der Waals surface area contributed by atoms with E-state index in [2.05, 4.69) is 44.8 Å². The maximum Gasteiger partial charge on any atom is 0.253 e. The zero-order valence-corrected chi connectivity index (χ0v) is 18.6. The van der Waals surface area contributed by atoms with Crippen LogP contribution in [0.15, 0.2) is 48.7 Å². The number of aromatic nitrogens is 1. The summed E-state index contributed by atoms with van der Waals surface area (Å²) in [4.78, 5) is 32.1. The molecule has 2 aliphatic rings. The van der Waals surface area contributed by atoms with Crippen molar-refractivity contribution in [1.29, 1.82) is 0 Å². The number of methoxy groups -OCH3 is 1. The van der Waals surface area contributed by atoms with Gasteiger partial charge in [0.05, 0.1) is 18.6 Å². The summed E-state index contributed by atoms with van der Waals surface area (Å²) < 4.78 is 5.04. The fraction of sp³-hybridized carbons (Fsp3) is 0.480. The molecule has 1 saturated heterocycles. The molecule has 170 valence electrons. The van der Waals surface area contributed by atoms with E-state index in [1.165, 1.54) is 18.9 Å². The van der Waals surface area contributed by atoms with Gasteiger partial charge in [-0.3, -0.25) is 14.5 Å². The first kappa shape index (κ1) is 22.3. The Balaban J connectivity index is 1.25. The molecular formula is C25H32N4O3. The highest BCUT2D eigenvalue weighted by Crippen LogP contribution is 2.27. The number of carbonyl (C=O) groups is 2. The number of hydrogen-bond acceptors (Lipinski definition) is 5. The fourth-order valence-corrected chi connectivity index (χ4v) is 4.72. The number of benzene rings is 1. The summed E-state index contributed by atoms with van der Waals surface area (Å²) in [5, 5.41) is 6.30. The smallest absolute Gasteiger partial charge is 0.253 e. The highest BCUT2D eigenvalue weighted by Gasteiger charge is 2.35. The molecule has 0 radical (unpaired) electrons. The van der Waals surface area contributed by atoms with Gasteiger partial charge in [0.2, 0.25) is 11.8 Å². The van der Waals surface area contributed by atoms with Crippen LogP contribution in [0.25, 0.3) is 0 Å². The number of nitrogens with one attached hydrogen (secondary N) is 2. The lowest BCUT2D eigenvalue weighted by Gasteiger charge is -2.33. The molecule has 1 saturated carbocycles. The summed E-state index contributed by atoms with van der Waals surface area (Å²) in [6.45, 7) is 2.92. The Labute approximate surface area is 189 Å². The van der Waals surface area contributed by atoms with Gasteiger partial charge in [-0.05, 0) is 37.3 Å². The lowest BCUT2D eigenvalue weighted by molar-refractivity contribution is -0.126. The van der Waals surface area contributed by atoms with E-state index in [9.17, 15) is 9.59 Å². The van der Waals surface area contributed by atoms with Gasteiger partial charge in [0, 0.05) is 44.0 Å². The van der Waals surface area contributed by atoms with Crippen LogP contribution >= 0.6 is 0 Å². The molecule has 2 heterocycles. The zero-order chi connectivity index (χ0) is 22.3. The first-order valence-corrected chi connectivity index (χ1v) is 11.5. The largest absolute Gasteiger partial charge is 0.481 e. The SMILES string of the molecule is COc1ccc(C(=O)N[C@@H]2CCC[C@@H]2C(=O)NC2CCN(Cc3ccccc3)CC2)cn1. The second-order valence-electron chi connectivity index (χ2n) is 8.75. The van der Waals surface area contributed by atoms with Crippen LogP contribution in [0.4, 0.5) is 0 Å². The Morgan fingerprint density at radius 2 is 1.81 bits per heavy atom. The summed E-state index contributed by atoms with van der Waals surface area (Å²) >= 11 is 0. The van der Waals surface area contributed by atoms with Crippen molar-refractivity contribution >= 4 is 11.8 Å². The second-order valence-corrected chi connectivity index (χ2v) is 8.75. The van der Waals surface area contributed by atoms with E-state index in [4.69, 9.17) is 4.74 Å². The van der Waals surface area contributed by atoms with Crippen LogP contribution in [0.1, 0.15) is 48.0 Å². The highest BCUT2D eigenvalue weighted by atomic mass is 16.5. The Morgan fingerprint density at radius 3 is 2.50 bits per heavy atom. The van der Waals surface area contributed by atoms with Crippen LogP contribution in [0.5, 0.6) is 5.88 Å². The number of hydrogen-bond donors (Lipinski definition) is 2. The third-order valence-corrected chi connectivity index (χ3v) is 6.56. The molecule has 0 bridgehead atoms. The van der Waals surface area contributed by atoms with E-state index >= 15 is 0 Å². The lowest BCUT2D eigenvalue weighted by atomic mass is 9.99. The minimum atomic E-state index is -0.195. The number of rotatable bonds is 7. The van der Waals surface area contributed by atoms with Crippen LogP contribution in [-0.4, -0.2) is 54.0 Å². The van der Waals surface area contributed by atoms with Gasteiger partial charge >= 0.3 is 0 Å². The number of pyridine rings is 1. The molecular weight excluding hydrogens is 404 g/mol. The summed E-state index contributed by atoms with van der Waals surface area (Å²) in [5.74, 6) is 0.170. The summed E-state index contributed by atoms with van der Waals surface area (Å²) in [6, 6.07) is 13.9. The summed E-state index contributed by atoms with van der Waals surface area (Å²) in [5.41, 5.74) is 1.80. The van der Waals surface area contributed by atoms with Crippen LogP contribution in [0.3, 0.4) is 0 Å². The van der Waals surface area contributed by atoms with Crippen molar-refractivity contribution in [3.63, 3.8) is 0 Å². The average molecular weight is 437 g/mol. The lowest BCUT2D eigenvalue weighted by Crippen LogP contribution is -2.49. The first-order valence-electron chi connectivity index (χ1n) is 11.5. The highest BCUT2D eigenvalue weighted by molar-refractivity contribution is 5.94. The minimum absolute atomic E-state index is 0.0714. The molecule has 4 rings (SSSR count). The maximum absolute atomic E-state index is 13.0. The number of amides is 2. The molecule has 1 aromatic carbocycles.